The van der Waals surface area contributed by atoms with Crippen LogP contribution in [0.25, 0.3) is 0 Å². The lowest BCUT2D eigenvalue weighted by Gasteiger charge is -2.08. The maximum Gasteiger partial charge on any atom is 0.267 e. The lowest BCUT2D eigenvalue weighted by Crippen LogP contribution is -2.28. The number of rotatable bonds is 6. The highest BCUT2D eigenvalue weighted by molar-refractivity contribution is 9.10. The Bertz CT molecular complexity index is 589. The summed E-state index contributed by atoms with van der Waals surface area (Å²) in [5, 5.41) is 10.7. The summed E-state index contributed by atoms with van der Waals surface area (Å²) in [5.41, 5.74) is 0.677. The van der Waals surface area contributed by atoms with Gasteiger partial charge in [0, 0.05) is 37.2 Å². The van der Waals surface area contributed by atoms with Crippen molar-refractivity contribution >= 4 is 21.8 Å². The van der Waals surface area contributed by atoms with Crippen molar-refractivity contribution < 1.29 is 4.79 Å². The molecule has 0 spiro atoms. The second-order valence-electron chi connectivity index (χ2n) is 4.60. The normalized spacial score (nSPS) is 10.8. The van der Waals surface area contributed by atoms with Crippen molar-refractivity contribution in [2.24, 2.45) is 7.05 Å². The van der Waals surface area contributed by atoms with Gasteiger partial charge < -0.3 is 14.5 Å². The molecule has 108 valence electrons. The standard InChI is InChI=1S/C13H18BrN5O/c1-3-6-19-8-10(14)7-11(19)13(20)15-5-4-12-17-16-9-18(12)2/h7-9H,3-6H2,1-2H3,(H,15,20). The van der Waals surface area contributed by atoms with Gasteiger partial charge in [0.2, 0.25) is 0 Å². The number of hydrogen-bond donors (Lipinski definition) is 1. The van der Waals surface area contributed by atoms with Gasteiger partial charge in [-0.05, 0) is 28.4 Å². The molecule has 0 fully saturated rings. The molecule has 2 heterocycles. The number of nitrogens with zero attached hydrogens (tertiary/aromatic N) is 4. The zero-order valence-corrected chi connectivity index (χ0v) is 13.2. The molecule has 2 rings (SSSR count). The maximum absolute atomic E-state index is 12.2. The van der Waals surface area contributed by atoms with Gasteiger partial charge in [-0.25, -0.2) is 0 Å². The molecule has 0 aliphatic rings. The van der Waals surface area contributed by atoms with Crippen LogP contribution in [0.1, 0.15) is 29.7 Å². The molecule has 1 N–H and O–H groups in total. The highest BCUT2D eigenvalue weighted by Gasteiger charge is 2.12. The molecule has 6 nitrogen and oxygen atoms in total. The van der Waals surface area contributed by atoms with Gasteiger partial charge >= 0.3 is 0 Å². The molecule has 0 unspecified atom stereocenters. The zero-order valence-electron chi connectivity index (χ0n) is 11.6. The van der Waals surface area contributed by atoms with Gasteiger partial charge in [0.05, 0.1) is 0 Å². The largest absolute Gasteiger partial charge is 0.350 e. The fourth-order valence-corrected chi connectivity index (χ4v) is 2.47. The fraction of sp³-hybridized carbons (Fsp3) is 0.462. The smallest absolute Gasteiger partial charge is 0.267 e. The number of halogens is 1. The zero-order chi connectivity index (χ0) is 14.5. The Balaban J connectivity index is 1.93. The molecule has 0 aliphatic carbocycles. The van der Waals surface area contributed by atoms with Crippen LogP contribution < -0.4 is 5.32 Å². The Labute approximate surface area is 126 Å². The van der Waals surface area contributed by atoms with E-state index >= 15 is 0 Å². The van der Waals surface area contributed by atoms with Crippen molar-refractivity contribution in [2.45, 2.75) is 26.3 Å². The summed E-state index contributed by atoms with van der Waals surface area (Å²) < 4.78 is 4.73. The highest BCUT2D eigenvalue weighted by atomic mass is 79.9. The van der Waals surface area contributed by atoms with Crippen LogP contribution >= 0.6 is 15.9 Å². The highest BCUT2D eigenvalue weighted by Crippen LogP contribution is 2.15. The van der Waals surface area contributed by atoms with Crippen LogP contribution in [-0.2, 0) is 20.0 Å². The number of aromatic nitrogens is 4. The number of hydrogen-bond acceptors (Lipinski definition) is 3. The molecule has 0 aromatic carbocycles. The van der Waals surface area contributed by atoms with E-state index in [9.17, 15) is 4.79 Å². The number of carbonyl (C=O) groups excluding carboxylic acids is 1. The minimum absolute atomic E-state index is 0.0636. The lowest BCUT2D eigenvalue weighted by atomic mass is 10.3. The second kappa shape index (κ2) is 6.69. The van der Waals surface area contributed by atoms with E-state index in [1.54, 1.807) is 6.33 Å². The first-order valence-electron chi connectivity index (χ1n) is 6.58. The van der Waals surface area contributed by atoms with E-state index in [0.717, 1.165) is 23.3 Å². The second-order valence-corrected chi connectivity index (χ2v) is 5.52. The molecule has 2 aromatic heterocycles. The molecule has 0 aliphatic heterocycles. The van der Waals surface area contributed by atoms with Gasteiger partial charge in [-0.1, -0.05) is 6.92 Å². The topological polar surface area (TPSA) is 64.7 Å². The predicted octanol–water partition coefficient (Wildman–Crippen LogP) is 1.76. The first kappa shape index (κ1) is 14.8. The summed E-state index contributed by atoms with van der Waals surface area (Å²) in [6.07, 6.45) is 5.24. The fourth-order valence-electron chi connectivity index (χ4n) is 2.00. The average Bonchev–Trinajstić information content (AvgIpc) is 2.97. The van der Waals surface area contributed by atoms with E-state index in [1.807, 2.05) is 28.4 Å². The summed E-state index contributed by atoms with van der Waals surface area (Å²) in [4.78, 5) is 12.2. The van der Waals surface area contributed by atoms with Gasteiger partial charge in [0.15, 0.2) is 0 Å². The quantitative estimate of drug-likeness (QED) is 0.872. The predicted molar refractivity (Wildman–Crippen MR) is 79.5 cm³/mol. The Kier molecular flexibility index (Phi) is 4.94. The number of amides is 1. The van der Waals surface area contributed by atoms with Crippen molar-refractivity contribution in [3.63, 3.8) is 0 Å². The summed E-state index contributed by atoms with van der Waals surface area (Å²) in [6, 6.07) is 1.84. The molecule has 20 heavy (non-hydrogen) atoms. The third kappa shape index (κ3) is 3.47. The van der Waals surface area contributed by atoms with E-state index in [2.05, 4.69) is 38.4 Å². The third-order valence-electron chi connectivity index (χ3n) is 3.00. The van der Waals surface area contributed by atoms with Gasteiger partial charge in [-0.2, -0.15) is 0 Å². The van der Waals surface area contributed by atoms with Crippen molar-refractivity contribution in [1.82, 2.24) is 24.6 Å². The minimum Gasteiger partial charge on any atom is -0.350 e. The molecular formula is C13H18BrN5O. The van der Waals surface area contributed by atoms with E-state index in [4.69, 9.17) is 0 Å². The average molecular weight is 340 g/mol. The Morgan fingerprint density at radius 2 is 2.30 bits per heavy atom. The first-order valence-corrected chi connectivity index (χ1v) is 7.38. The molecule has 0 saturated heterocycles. The van der Waals surface area contributed by atoms with Crippen molar-refractivity contribution in [1.29, 1.82) is 0 Å². The van der Waals surface area contributed by atoms with E-state index in [0.29, 0.717) is 18.7 Å². The van der Waals surface area contributed by atoms with Gasteiger partial charge in [0.1, 0.15) is 17.8 Å². The molecule has 7 heteroatoms. The Morgan fingerprint density at radius 1 is 1.50 bits per heavy atom. The summed E-state index contributed by atoms with van der Waals surface area (Å²) in [5.74, 6) is 0.793. The van der Waals surface area contributed by atoms with Crippen LogP contribution in [0.3, 0.4) is 0 Å². The van der Waals surface area contributed by atoms with Gasteiger partial charge in [0.25, 0.3) is 5.91 Å². The van der Waals surface area contributed by atoms with Crippen molar-refractivity contribution in [3.8, 4) is 0 Å². The van der Waals surface area contributed by atoms with Crippen LogP contribution in [0.15, 0.2) is 23.1 Å². The molecule has 2 aromatic rings. The van der Waals surface area contributed by atoms with Gasteiger partial charge in [-0.3, -0.25) is 4.79 Å². The van der Waals surface area contributed by atoms with Crippen molar-refractivity contribution in [2.75, 3.05) is 6.54 Å². The molecule has 0 atom stereocenters. The van der Waals surface area contributed by atoms with Crippen LogP contribution in [0.4, 0.5) is 0 Å². The van der Waals surface area contributed by atoms with E-state index < -0.39 is 0 Å². The lowest BCUT2D eigenvalue weighted by molar-refractivity contribution is 0.0944. The number of carbonyl (C=O) groups is 1. The molecule has 1 amide bonds. The SMILES string of the molecule is CCCn1cc(Br)cc1C(=O)NCCc1nncn1C. The molecule has 0 saturated carbocycles. The number of aryl methyl sites for hydroxylation is 2. The van der Waals surface area contributed by atoms with Crippen LogP contribution in [0.2, 0.25) is 0 Å². The van der Waals surface area contributed by atoms with E-state index in [-0.39, 0.29) is 5.91 Å². The summed E-state index contributed by atoms with van der Waals surface area (Å²) >= 11 is 3.41. The Hall–Kier alpha value is -1.63. The van der Waals surface area contributed by atoms with Crippen LogP contribution in [0, 0.1) is 0 Å². The van der Waals surface area contributed by atoms with E-state index in [1.165, 1.54) is 0 Å². The number of nitrogens with one attached hydrogen (secondary N) is 1. The molecular weight excluding hydrogens is 322 g/mol. The summed E-state index contributed by atoms with van der Waals surface area (Å²) in [6.45, 7) is 3.46. The monoisotopic (exact) mass is 339 g/mol. The minimum atomic E-state index is -0.0636. The van der Waals surface area contributed by atoms with Crippen LogP contribution in [0.5, 0.6) is 0 Å². The van der Waals surface area contributed by atoms with Crippen LogP contribution in [-0.4, -0.2) is 31.8 Å². The summed E-state index contributed by atoms with van der Waals surface area (Å²) in [7, 11) is 1.89. The molecule has 0 bridgehead atoms. The first-order chi connectivity index (χ1) is 9.61. The molecule has 0 radical (unpaired) electrons. The maximum atomic E-state index is 12.2. The van der Waals surface area contributed by atoms with Gasteiger partial charge in [-0.15, -0.1) is 10.2 Å². The Morgan fingerprint density at radius 3 is 2.95 bits per heavy atom. The van der Waals surface area contributed by atoms with Crippen molar-refractivity contribution in [3.05, 3.63) is 34.6 Å². The third-order valence-corrected chi connectivity index (χ3v) is 3.43.